The number of hydrogen-bond donors (Lipinski definition) is 2. The number of nitro groups is 1. The number of rotatable bonds is 6. The highest BCUT2D eigenvalue weighted by Crippen LogP contribution is 2.32. The van der Waals surface area contributed by atoms with Gasteiger partial charge in [-0.2, -0.15) is 0 Å². The summed E-state index contributed by atoms with van der Waals surface area (Å²) in [7, 11) is 0. The van der Waals surface area contributed by atoms with Gasteiger partial charge >= 0.3 is 5.97 Å². The Labute approximate surface area is 138 Å². The number of nitro benzene ring substituents is 1. The van der Waals surface area contributed by atoms with E-state index in [9.17, 15) is 24.8 Å². The number of aliphatic carboxylic acids is 1. The van der Waals surface area contributed by atoms with E-state index in [0.29, 0.717) is 12.4 Å². The van der Waals surface area contributed by atoms with Crippen LogP contribution in [-0.2, 0) is 9.59 Å². The third-order valence-corrected chi connectivity index (χ3v) is 3.82. The highest BCUT2D eigenvalue weighted by molar-refractivity contribution is 5.97. The van der Waals surface area contributed by atoms with Crippen LogP contribution in [0.15, 0.2) is 30.4 Å². The quantitative estimate of drug-likeness (QED) is 0.469. The van der Waals surface area contributed by atoms with Crippen molar-refractivity contribution in [3.05, 3.63) is 40.5 Å². The predicted molar refractivity (Wildman–Crippen MR) is 85.9 cm³/mol. The summed E-state index contributed by atoms with van der Waals surface area (Å²) < 4.78 is 5.22. The number of carbonyl (C=O) groups excluding carboxylic acids is 1. The molecule has 2 N–H and O–H groups in total. The minimum absolute atomic E-state index is 0.0205. The maximum Gasteiger partial charge on any atom is 0.307 e. The molecule has 0 heterocycles. The first-order valence-corrected chi connectivity index (χ1v) is 7.54. The van der Waals surface area contributed by atoms with Gasteiger partial charge in [-0.25, -0.2) is 0 Å². The molecule has 0 fully saturated rings. The Kier molecular flexibility index (Phi) is 5.51. The first kappa shape index (κ1) is 17.5. The molecular formula is C16H18N2O6. The largest absolute Gasteiger partial charge is 0.494 e. The molecule has 0 radical (unpaired) electrons. The third kappa shape index (κ3) is 3.89. The summed E-state index contributed by atoms with van der Waals surface area (Å²) in [5, 5.41) is 22.9. The lowest BCUT2D eigenvalue weighted by atomic mass is 9.82. The highest BCUT2D eigenvalue weighted by Gasteiger charge is 2.34. The van der Waals surface area contributed by atoms with E-state index in [1.54, 1.807) is 19.1 Å². The fraction of sp³-hybridized carbons (Fsp3) is 0.375. The van der Waals surface area contributed by atoms with Crippen LogP contribution in [0.2, 0.25) is 0 Å². The molecule has 0 saturated heterocycles. The van der Waals surface area contributed by atoms with Gasteiger partial charge in [-0.05, 0) is 31.9 Å². The number of carbonyl (C=O) groups is 2. The van der Waals surface area contributed by atoms with Crippen molar-refractivity contribution < 1.29 is 24.4 Å². The zero-order valence-corrected chi connectivity index (χ0v) is 13.1. The summed E-state index contributed by atoms with van der Waals surface area (Å²) in [4.78, 5) is 34.3. The Hall–Kier alpha value is -2.90. The number of hydrogen-bond acceptors (Lipinski definition) is 5. The average molecular weight is 334 g/mol. The molecule has 1 aromatic carbocycles. The fourth-order valence-electron chi connectivity index (χ4n) is 2.63. The smallest absolute Gasteiger partial charge is 0.307 e. The zero-order valence-electron chi connectivity index (χ0n) is 13.1. The van der Waals surface area contributed by atoms with Gasteiger partial charge in [0.2, 0.25) is 5.91 Å². The molecule has 8 heteroatoms. The number of ether oxygens (including phenoxy) is 1. The molecule has 24 heavy (non-hydrogen) atoms. The van der Waals surface area contributed by atoms with Gasteiger partial charge in [-0.1, -0.05) is 12.2 Å². The number of amides is 1. The second kappa shape index (κ2) is 7.58. The number of benzene rings is 1. The summed E-state index contributed by atoms with van der Waals surface area (Å²) in [5.74, 6) is -2.87. The molecule has 1 aliphatic rings. The van der Waals surface area contributed by atoms with Crippen molar-refractivity contribution in [2.24, 2.45) is 11.8 Å². The van der Waals surface area contributed by atoms with Gasteiger partial charge in [-0.15, -0.1) is 0 Å². The molecule has 0 unspecified atom stereocenters. The van der Waals surface area contributed by atoms with Crippen molar-refractivity contribution >= 4 is 23.3 Å². The van der Waals surface area contributed by atoms with Crippen LogP contribution >= 0.6 is 0 Å². The second-order valence-corrected chi connectivity index (χ2v) is 5.35. The van der Waals surface area contributed by atoms with Gasteiger partial charge in [-0.3, -0.25) is 19.7 Å². The molecule has 0 saturated carbocycles. The Bertz CT molecular complexity index is 685. The number of nitrogens with zero attached hydrogens (tertiary/aromatic N) is 1. The molecule has 0 aromatic heterocycles. The van der Waals surface area contributed by atoms with Gasteiger partial charge in [0.25, 0.3) is 5.69 Å². The summed E-state index contributed by atoms with van der Waals surface area (Å²) >= 11 is 0. The molecule has 0 aliphatic heterocycles. The van der Waals surface area contributed by atoms with Crippen LogP contribution in [-0.4, -0.2) is 28.5 Å². The lowest BCUT2D eigenvalue weighted by Gasteiger charge is -2.24. The van der Waals surface area contributed by atoms with Crippen molar-refractivity contribution in [2.75, 3.05) is 11.9 Å². The predicted octanol–water partition coefficient (Wildman–Crippen LogP) is 2.60. The standard InChI is InChI=1S/C16H18N2O6/c1-2-24-10-7-8-13(14(9-10)18(22)23)17-15(19)11-5-3-4-6-12(11)16(20)21/h3-4,7-9,11-12H,2,5-6H2,1H3,(H,17,19)(H,20,21)/t11-,12-/m1/s1. The maximum atomic E-state index is 12.4. The molecule has 1 aliphatic carbocycles. The maximum absolute atomic E-state index is 12.4. The van der Waals surface area contributed by atoms with E-state index in [-0.39, 0.29) is 24.2 Å². The number of carboxylic acid groups (broad SMARTS) is 1. The third-order valence-electron chi connectivity index (χ3n) is 3.82. The average Bonchev–Trinajstić information content (AvgIpc) is 2.56. The minimum atomic E-state index is -1.05. The summed E-state index contributed by atoms with van der Waals surface area (Å²) in [6.07, 6.45) is 4.02. The number of anilines is 1. The van der Waals surface area contributed by atoms with E-state index >= 15 is 0 Å². The van der Waals surface area contributed by atoms with Gasteiger partial charge in [0, 0.05) is 0 Å². The van der Waals surface area contributed by atoms with Crippen LogP contribution in [0.1, 0.15) is 19.8 Å². The van der Waals surface area contributed by atoms with Crippen LogP contribution in [0.5, 0.6) is 5.75 Å². The van der Waals surface area contributed by atoms with Crippen molar-refractivity contribution in [3.8, 4) is 5.75 Å². The number of carboxylic acids is 1. The molecule has 128 valence electrons. The summed E-state index contributed by atoms with van der Waals surface area (Å²) in [6, 6.07) is 4.13. The number of nitrogens with one attached hydrogen (secondary N) is 1. The first-order chi connectivity index (χ1) is 11.4. The van der Waals surface area contributed by atoms with Crippen molar-refractivity contribution in [2.45, 2.75) is 19.8 Å². The topological polar surface area (TPSA) is 119 Å². The first-order valence-electron chi connectivity index (χ1n) is 7.54. The van der Waals surface area contributed by atoms with E-state index in [2.05, 4.69) is 5.32 Å². The Morgan fingerprint density at radius 2 is 2.00 bits per heavy atom. The van der Waals surface area contributed by atoms with Crippen LogP contribution in [0.3, 0.4) is 0 Å². The Morgan fingerprint density at radius 1 is 1.33 bits per heavy atom. The molecule has 8 nitrogen and oxygen atoms in total. The van der Waals surface area contributed by atoms with E-state index in [1.165, 1.54) is 18.2 Å². The van der Waals surface area contributed by atoms with Crippen molar-refractivity contribution in [1.82, 2.24) is 0 Å². The van der Waals surface area contributed by atoms with Gasteiger partial charge < -0.3 is 15.2 Å². The van der Waals surface area contributed by atoms with Crippen LogP contribution in [0, 0.1) is 22.0 Å². The van der Waals surface area contributed by atoms with E-state index < -0.39 is 28.6 Å². The molecule has 0 spiro atoms. The lowest BCUT2D eigenvalue weighted by Crippen LogP contribution is -2.34. The highest BCUT2D eigenvalue weighted by atomic mass is 16.6. The Balaban J connectivity index is 2.23. The molecule has 1 aromatic rings. The van der Waals surface area contributed by atoms with Crippen molar-refractivity contribution in [1.29, 1.82) is 0 Å². The van der Waals surface area contributed by atoms with E-state index in [0.717, 1.165) is 0 Å². The zero-order chi connectivity index (χ0) is 17.7. The molecular weight excluding hydrogens is 316 g/mol. The second-order valence-electron chi connectivity index (χ2n) is 5.35. The minimum Gasteiger partial charge on any atom is -0.494 e. The molecule has 0 bridgehead atoms. The monoisotopic (exact) mass is 334 g/mol. The van der Waals surface area contributed by atoms with Gasteiger partial charge in [0.1, 0.15) is 11.4 Å². The summed E-state index contributed by atoms with van der Waals surface area (Å²) in [6.45, 7) is 2.11. The van der Waals surface area contributed by atoms with Gasteiger partial charge in [0.15, 0.2) is 0 Å². The van der Waals surface area contributed by atoms with Gasteiger partial charge in [0.05, 0.1) is 29.4 Å². The molecule has 2 rings (SSSR count). The van der Waals surface area contributed by atoms with E-state index in [1.807, 2.05) is 0 Å². The van der Waals surface area contributed by atoms with E-state index in [4.69, 9.17) is 4.74 Å². The number of allylic oxidation sites excluding steroid dienone is 2. The Morgan fingerprint density at radius 3 is 2.58 bits per heavy atom. The molecule has 2 atom stereocenters. The SMILES string of the molecule is CCOc1ccc(NC(=O)[C@@H]2CC=CC[C@H]2C(=O)O)c([N+](=O)[O-])c1. The van der Waals surface area contributed by atoms with Crippen LogP contribution in [0.4, 0.5) is 11.4 Å². The van der Waals surface area contributed by atoms with Crippen molar-refractivity contribution in [3.63, 3.8) is 0 Å². The summed E-state index contributed by atoms with van der Waals surface area (Å²) in [5.41, 5.74) is -0.278. The normalized spacial score (nSPS) is 19.5. The van der Waals surface area contributed by atoms with Crippen LogP contribution < -0.4 is 10.1 Å². The van der Waals surface area contributed by atoms with Crippen LogP contribution in [0.25, 0.3) is 0 Å². The fourth-order valence-corrected chi connectivity index (χ4v) is 2.63. The lowest BCUT2D eigenvalue weighted by molar-refractivity contribution is -0.384. The molecule has 1 amide bonds.